The van der Waals surface area contributed by atoms with Crippen LogP contribution < -0.4 is 10.1 Å². The van der Waals surface area contributed by atoms with Gasteiger partial charge in [0.15, 0.2) is 5.69 Å². The zero-order valence-electron chi connectivity index (χ0n) is 23.6. The smallest absolute Gasteiger partial charge is 0.394 e. The lowest BCUT2D eigenvalue weighted by molar-refractivity contribution is -0.211. The Labute approximate surface area is 208 Å². The van der Waals surface area contributed by atoms with Crippen LogP contribution in [0.15, 0.2) is 18.2 Å². The van der Waals surface area contributed by atoms with Crippen LogP contribution in [0.3, 0.4) is 0 Å². The number of hydrogen-bond acceptors (Lipinski definition) is 3. The maximum atomic E-state index is 15.7. The molecule has 1 aromatic carbocycles. The molecule has 1 aliphatic carbocycles. The molecule has 1 aliphatic rings. The highest BCUT2D eigenvalue weighted by atomic mass is 19.4. The summed E-state index contributed by atoms with van der Waals surface area (Å²) in [4.78, 5) is 17.0. The first-order valence-corrected chi connectivity index (χ1v) is 12.0. The minimum Gasteiger partial charge on any atom is -0.495 e. The number of ether oxygens (including phenoxy) is 1. The van der Waals surface area contributed by atoms with Gasteiger partial charge in [-0.15, -0.1) is 0 Å². The molecule has 0 atom stereocenters. The Morgan fingerprint density at radius 2 is 1.94 bits per heavy atom. The molecule has 0 aliphatic heterocycles. The lowest BCUT2D eigenvalue weighted by atomic mass is 9.83. The van der Waals surface area contributed by atoms with E-state index >= 15 is 4.39 Å². The molecule has 2 aromatic rings. The molecular weight excluding hydrogens is 462 g/mol. The average Bonchev–Trinajstić information content (AvgIpc) is 3.13. The van der Waals surface area contributed by atoms with E-state index in [0.29, 0.717) is 18.4 Å². The third kappa shape index (κ3) is 5.98. The molecule has 1 N–H and O–H groups in total. The molecule has 1 heterocycles. The van der Waals surface area contributed by atoms with E-state index in [1.165, 1.54) is 12.1 Å². The van der Waals surface area contributed by atoms with Gasteiger partial charge in [0.2, 0.25) is 5.95 Å². The molecule has 5 nitrogen and oxygen atoms in total. The predicted octanol–water partition coefficient (Wildman–Crippen LogP) is 6.27. The van der Waals surface area contributed by atoms with Crippen molar-refractivity contribution < 1.29 is 31.2 Å². The second-order valence-corrected chi connectivity index (χ2v) is 10.2. The normalized spacial score (nSPS) is 20.6. The van der Waals surface area contributed by atoms with Crippen molar-refractivity contribution in [2.75, 3.05) is 13.6 Å². The summed E-state index contributed by atoms with van der Waals surface area (Å²) in [5.74, 6) is -0.933. The van der Waals surface area contributed by atoms with Gasteiger partial charge in [0, 0.05) is 13.0 Å². The third-order valence-corrected chi connectivity index (χ3v) is 6.90. The number of nitrogens with one attached hydrogen (secondary N) is 1. The summed E-state index contributed by atoms with van der Waals surface area (Å²) in [7, 11) is -2.95. The Bertz CT molecular complexity index is 1140. The number of benzene rings is 1. The van der Waals surface area contributed by atoms with E-state index in [4.69, 9.17) is 8.85 Å². The molecule has 1 aromatic heterocycles. The van der Waals surface area contributed by atoms with E-state index in [0.717, 1.165) is 50.2 Å². The maximum Gasteiger partial charge on any atom is 0.394 e. The molecule has 1 amide bonds. The van der Waals surface area contributed by atoms with Gasteiger partial charge in [0.25, 0.3) is 5.91 Å². The molecule has 3 rings (SSSR count). The zero-order valence-corrected chi connectivity index (χ0v) is 20.6. The summed E-state index contributed by atoms with van der Waals surface area (Å²) in [6.07, 6.45) is -0.647. The standard InChI is InChI=1S/C26H35F4N3O2/c1-6-21-32-22(24(34)31-15-17-9-7-16(2)8-10-17)23(27)33(21)19-12-11-18(13-20(19)35-5)14-25(3,4)26(28,29)30/h11-13,16-17H,6-10,14-15H2,1-5H3,(H,31,34)/i5D3. The molecule has 194 valence electrons. The molecule has 0 bridgehead atoms. The summed E-state index contributed by atoms with van der Waals surface area (Å²) in [6.45, 7) is 6.35. The fourth-order valence-electron chi connectivity index (χ4n) is 4.47. The third-order valence-electron chi connectivity index (χ3n) is 6.90. The Kier molecular flexibility index (Phi) is 6.91. The molecule has 0 saturated heterocycles. The number of alkyl halides is 3. The number of aromatic nitrogens is 2. The topological polar surface area (TPSA) is 56.2 Å². The molecule has 1 saturated carbocycles. The van der Waals surface area contributed by atoms with Crippen LogP contribution >= 0.6 is 0 Å². The SMILES string of the molecule is [2H]C([2H])([2H])Oc1cc(CC(C)(C)C(F)(F)F)ccc1-n1c(CC)nc(C(=O)NCC2CCC(C)CC2)c1F. The molecule has 0 radical (unpaired) electrons. The number of halogens is 4. The van der Waals surface area contributed by atoms with Crippen molar-refractivity contribution in [1.29, 1.82) is 0 Å². The molecule has 35 heavy (non-hydrogen) atoms. The molecule has 9 heteroatoms. The van der Waals surface area contributed by atoms with Crippen LogP contribution in [-0.4, -0.2) is 35.2 Å². The highest BCUT2D eigenvalue weighted by Crippen LogP contribution is 2.41. The van der Waals surface area contributed by atoms with Crippen molar-refractivity contribution >= 4 is 5.91 Å². The van der Waals surface area contributed by atoms with Gasteiger partial charge in [0.05, 0.1) is 22.3 Å². The second-order valence-electron chi connectivity index (χ2n) is 10.2. The average molecular weight is 501 g/mol. The number of rotatable bonds is 8. The number of hydrogen-bond donors (Lipinski definition) is 1. The second kappa shape index (κ2) is 10.6. The van der Waals surface area contributed by atoms with E-state index < -0.39 is 42.6 Å². The molecular formula is C26H35F4N3O2. The van der Waals surface area contributed by atoms with Crippen LogP contribution in [0, 0.1) is 23.2 Å². The highest BCUT2D eigenvalue weighted by Gasteiger charge is 2.47. The van der Waals surface area contributed by atoms with Crippen molar-refractivity contribution in [2.24, 2.45) is 17.3 Å². The first-order valence-electron chi connectivity index (χ1n) is 13.5. The van der Waals surface area contributed by atoms with E-state index in [9.17, 15) is 18.0 Å². The minimum atomic E-state index is -4.50. The lowest BCUT2D eigenvalue weighted by Crippen LogP contribution is -2.34. The number of methoxy groups -OCH3 is 1. The highest BCUT2D eigenvalue weighted by molar-refractivity contribution is 5.92. The zero-order chi connectivity index (χ0) is 28.5. The number of carbonyl (C=O) groups is 1. The Morgan fingerprint density at radius 1 is 1.26 bits per heavy atom. The fraction of sp³-hybridized carbons (Fsp3) is 0.615. The molecule has 0 unspecified atom stereocenters. The van der Waals surface area contributed by atoms with Crippen molar-refractivity contribution in [3.63, 3.8) is 0 Å². The van der Waals surface area contributed by atoms with Gasteiger partial charge in [-0.2, -0.15) is 17.6 Å². The maximum absolute atomic E-state index is 15.7. The first kappa shape index (κ1) is 22.9. The van der Waals surface area contributed by atoms with Crippen LogP contribution in [0.1, 0.15) is 79.4 Å². The van der Waals surface area contributed by atoms with E-state index in [1.54, 1.807) is 6.92 Å². The van der Waals surface area contributed by atoms with Gasteiger partial charge in [0.1, 0.15) is 11.6 Å². The van der Waals surface area contributed by atoms with Crippen LogP contribution in [0.25, 0.3) is 5.69 Å². The van der Waals surface area contributed by atoms with Crippen LogP contribution in [-0.2, 0) is 12.8 Å². The summed E-state index contributed by atoms with van der Waals surface area (Å²) >= 11 is 0. The van der Waals surface area contributed by atoms with Crippen molar-refractivity contribution in [1.82, 2.24) is 14.9 Å². The van der Waals surface area contributed by atoms with E-state index in [2.05, 4.69) is 17.2 Å². The summed E-state index contributed by atoms with van der Waals surface area (Å²) < 4.78 is 84.6. The van der Waals surface area contributed by atoms with Crippen molar-refractivity contribution in [3.05, 3.63) is 41.2 Å². The monoisotopic (exact) mass is 500 g/mol. The number of nitrogens with zero attached hydrogens (tertiary/aromatic N) is 2. The summed E-state index contributed by atoms with van der Waals surface area (Å²) in [5, 5.41) is 2.76. The number of carbonyl (C=O) groups excluding carboxylic acids is 1. The van der Waals surface area contributed by atoms with E-state index in [1.807, 2.05) is 0 Å². The van der Waals surface area contributed by atoms with Gasteiger partial charge in [-0.25, -0.2) is 4.98 Å². The lowest BCUT2D eigenvalue weighted by Gasteiger charge is -2.28. The summed E-state index contributed by atoms with van der Waals surface area (Å²) in [6, 6.07) is 3.81. The van der Waals surface area contributed by atoms with Crippen molar-refractivity contribution in [3.8, 4) is 11.4 Å². The number of amides is 1. The van der Waals surface area contributed by atoms with E-state index in [-0.39, 0.29) is 29.2 Å². The number of aryl methyl sites for hydroxylation is 1. The van der Waals surface area contributed by atoms with Crippen molar-refractivity contribution in [2.45, 2.75) is 72.4 Å². The van der Waals surface area contributed by atoms with Gasteiger partial charge < -0.3 is 10.1 Å². The molecule has 0 spiro atoms. The van der Waals surface area contributed by atoms with Gasteiger partial charge in [-0.05, 0) is 48.8 Å². The van der Waals surface area contributed by atoms with Crippen LogP contribution in [0.4, 0.5) is 17.6 Å². The summed E-state index contributed by atoms with van der Waals surface area (Å²) in [5.41, 5.74) is -2.44. The molecule has 1 fully saturated rings. The Hall–Kier alpha value is -2.58. The van der Waals surface area contributed by atoms with Crippen LogP contribution in [0.5, 0.6) is 5.75 Å². The quantitative estimate of drug-likeness (QED) is 0.435. The minimum absolute atomic E-state index is 0.0724. The Morgan fingerprint density at radius 3 is 2.54 bits per heavy atom. The fourth-order valence-corrected chi connectivity index (χ4v) is 4.47. The van der Waals surface area contributed by atoms with Gasteiger partial charge >= 0.3 is 6.18 Å². The van der Waals surface area contributed by atoms with Gasteiger partial charge in [-0.1, -0.05) is 46.6 Å². The predicted molar refractivity (Wildman–Crippen MR) is 126 cm³/mol. The van der Waals surface area contributed by atoms with Crippen LogP contribution in [0.2, 0.25) is 0 Å². The largest absolute Gasteiger partial charge is 0.495 e. The van der Waals surface area contributed by atoms with Gasteiger partial charge in [-0.3, -0.25) is 9.36 Å². The Balaban J connectivity index is 1.95. The number of imidazole rings is 1. The first-order chi connectivity index (χ1) is 17.5.